The fourth-order valence-electron chi connectivity index (χ4n) is 0.933. The molecule has 1 aromatic heterocycles. The highest BCUT2D eigenvalue weighted by Gasteiger charge is 1.96. The maximum Gasteiger partial charge on any atom is 0.153 e. The number of nitrogens with zero attached hydrogens (tertiary/aromatic N) is 3. The van der Waals surface area contributed by atoms with Crippen LogP contribution in [0.3, 0.4) is 0 Å². The van der Waals surface area contributed by atoms with Gasteiger partial charge in [0, 0.05) is 25.4 Å². The number of rotatable bonds is 4. The Bertz CT molecular complexity index is 293. The largest absolute Gasteiger partial charge is 0.409 e. The van der Waals surface area contributed by atoms with Gasteiger partial charge in [-0.15, -0.1) is 0 Å². The summed E-state index contributed by atoms with van der Waals surface area (Å²) in [7, 11) is 1.85. The van der Waals surface area contributed by atoms with Gasteiger partial charge in [-0.3, -0.25) is 4.68 Å². The van der Waals surface area contributed by atoms with Gasteiger partial charge >= 0.3 is 0 Å². The van der Waals surface area contributed by atoms with Crippen LogP contribution in [0, 0.1) is 0 Å². The molecule has 0 aromatic carbocycles. The summed E-state index contributed by atoms with van der Waals surface area (Å²) in [5.41, 5.74) is 6.32. The Balaban J connectivity index is 2.28. The molecule has 4 N–H and O–H groups in total. The van der Waals surface area contributed by atoms with Crippen molar-refractivity contribution in [2.75, 3.05) is 6.54 Å². The van der Waals surface area contributed by atoms with E-state index in [0.717, 1.165) is 5.56 Å². The van der Waals surface area contributed by atoms with E-state index in [1.807, 2.05) is 13.2 Å². The number of hydrogen-bond donors (Lipinski definition) is 3. The molecular formula is C7H13N5O. The van der Waals surface area contributed by atoms with Gasteiger partial charge < -0.3 is 16.3 Å². The van der Waals surface area contributed by atoms with Gasteiger partial charge in [0.05, 0.1) is 12.7 Å². The van der Waals surface area contributed by atoms with Crippen molar-refractivity contribution in [2.45, 2.75) is 6.54 Å². The topological polar surface area (TPSA) is 88.5 Å². The highest BCUT2D eigenvalue weighted by Crippen LogP contribution is 1.93. The van der Waals surface area contributed by atoms with E-state index in [-0.39, 0.29) is 5.84 Å². The molecule has 0 aliphatic carbocycles. The summed E-state index contributed by atoms with van der Waals surface area (Å²) in [6, 6.07) is 0. The molecule has 0 fully saturated rings. The maximum absolute atomic E-state index is 8.24. The summed E-state index contributed by atoms with van der Waals surface area (Å²) < 4.78 is 1.72. The van der Waals surface area contributed by atoms with Gasteiger partial charge in [-0.1, -0.05) is 5.16 Å². The quantitative estimate of drug-likeness (QED) is 0.248. The summed E-state index contributed by atoms with van der Waals surface area (Å²) in [5, 5.41) is 18.1. The van der Waals surface area contributed by atoms with Crippen LogP contribution in [0.5, 0.6) is 0 Å². The van der Waals surface area contributed by atoms with Crippen LogP contribution >= 0.6 is 0 Å². The van der Waals surface area contributed by atoms with Gasteiger partial charge in [0.25, 0.3) is 0 Å². The zero-order valence-electron chi connectivity index (χ0n) is 7.44. The summed E-state index contributed by atoms with van der Waals surface area (Å²) in [6.07, 6.45) is 3.67. The van der Waals surface area contributed by atoms with E-state index in [2.05, 4.69) is 15.6 Å². The normalized spacial score (nSPS) is 11.9. The molecule has 72 valence electrons. The van der Waals surface area contributed by atoms with E-state index in [1.165, 1.54) is 0 Å². The number of amidine groups is 1. The van der Waals surface area contributed by atoms with Crippen LogP contribution in [0.15, 0.2) is 17.5 Å². The molecule has 6 heteroatoms. The summed E-state index contributed by atoms with van der Waals surface area (Å²) >= 11 is 0. The van der Waals surface area contributed by atoms with Gasteiger partial charge in [-0.2, -0.15) is 5.10 Å². The number of hydrogen-bond acceptors (Lipinski definition) is 4. The Morgan fingerprint density at radius 2 is 2.62 bits per heavy atom. The molecule has 0 spiro atoms. The number of aromatic nitrogens is 2. The second-order valence-electron chi connectivity index (χ2n) is 2.72. The molecule has 0 radical (unpaired) electrons. The van der Waals surface area contributed by atoms with Crippen molar-refractivity contribution in [3.8, 4) is 0 Å². The molecule has 0 saturated carbocycles. The smallest absolute Gasteiger partial charge is 0.153 e. The Kier molecular flexibility index (Phi) is 3.27. The van der Waals surface area contributed by atoms with E-state index in [9.17, 15) is 0 Å². The van der Waals surface area contributed by atoms with Crippen molar-refractivity contribution in [2.24, 2.45) is 17.9 Å². The highest BCUT2D eigenvalue weighted by atomic mass is 16.4. The van der Waals surface area contributed by atoms with Crippen molar-refractivity contribution in [3.63, 3.8) is 0 Å². The van der Waals surface area contributed by atoms with Gasteiger partial charge in [-0.05, 0) is 0 Å². The first-order valence-corrected chi connectivity index (χ1v) is 3.87. The number of oxime groups is 1. The van der Waals surface area contributed by atoms with Crippen LogP contribution < -0.4 is 11.1 Å². The summed E-state index contributed by atoms with van der Waals surface area (Å²) in [4.78, 5) is 0. The first kappa shape index (κ1) is 9.53. The lowest BCUT2D eigenvalue weighted by atomic mass is 10.3. The Labute approximate surface area is 76.0 Å². The molecule has 13 heavy (non-hydrogen) atoms. The second kappa shape index (κ2) is 4.46. The SMILES string of the molecule is Cn1cc(CNCC(N)=NO)cn1. The summed E-state index contributed by atoms with van der Waals surface area (Å²) in [5.74, 6) is 0.170. The van der Waals surface area contributed by atoms with Gasteiger partial charge in [0.1, 0.15) is 0 Å². The molecule has 1 aromatic rings. The first-order valence-electron chi connectivity index (χ1n) is 3.87. The Morgan fingerprint density at radius 3 is 3.15 bits per heavy atom. The molecule has 6 nitrogen and oxygen atoms in total. The minimum Gasteiger partial charge on any atom is -0.409 e. The van der Waals surface area contributed by atoms with Crippen molar-refractivity contribution >= 4 is 5.84 Å². The molecule has 1 rings (SSSR count). The van der Waals surface area contributed by atoms with E-state index in [4.69, 9.17) is 10.9 Å². The van der Waals surface area contributed by atoms with Crippen LogP contribution in [-0.4, -0.2) is 27.4 Å². The number of nitrogens with one attached hydrogen (secondary N) is 1. The molecule has 1 heterocycles. The highest BCUT2D eigenvalue weighted by molar-refractivity contribution is 5.81. The van der Waals surface area contributed by atoms with E-state index in [0.29, 0.717) is 13.1 Å². The molecule has 0 atom stereocenters. The average molecular weight is 183 g/mol. The lowest BCUT2D eigenvalue weighted by Gasteiger charge is -1.99. The van der Waals surface area contributed by atoms with E-state index in [1.54, 1.807) is 10.9 Å². The van der Waals surface area contributed by atoms with Crippen LogP contribution in [0.2, 0.25) is 0 Å². The van der Waals surface area contributed by atoms with Crippen molar-refractivity contribution in [3.05, 3.63) is 18.0 Å². The zero-order valence-corrected chi connectivity index (χ0v) is 7.44. The fraction of sp³-hybridized carbons (Fsp3) is 0.429. The van der Waals surface area contributed by atoms with Gasteiger partial charge in [0.15, 0.2) is 5.84 Å². The van der Waals surface area contributed by atoms with Crippen LogP contribution in [-0.2, 0) is 13.6 Å². The Morgan fingerprint density at radius 1 is 1.85 bits per heavy atom. The minimum absolute atomic E-state index is 0.170. The molecule has 0 amide bonds. The molecular weight excluding hydrogens is 170 g/mol. The fourth-order valence-corrected chi connectivity index (χ4v) is 0.933. The standard InChI is InChI=1S/C7H13N5O/c1-12-5-6(3-10-12)2-9-4-7(8)11-13/h3,5,9,13H,2,4H2,1H3,(H2,8,11). The zero-order chi connectivity index (χ0) is 9.68. The third-order valence-electron chi connectivity index (χ3n) is 1.52. The van der Waals surface area contributed by atoms with Crippen molar-refractivity contribution in [1.82, 2.24) is 15.1 Å². The predicted octanol–water partition coefficient (Wildman–Crippen LogP) is -0.744. The lowest BCUT2D eigenvalue weighted by Crippen LogP contribution is -2.28. The van der Waals surface area contributed by atoms with Crippen LogP contribution in [0.1, 0.15) is 5.56 Å². The van der Waals surface area contributed by atoms with Crippen molar-refractivity contribution in [1.29, 1.82) is 0 Å². The average Bonchev–Trinajstić information content (AvgIpc) is 2.51. The van der Waals surface area contributed by atoms with E-state index < -0.39 is 0 Å². The number of nitrogens with two attached hydrogens (primary N) is 1. The molecule has 0 unspecified atom stereocenters. The third kappa shape index (κ3) is 3.12. The van der Waals surface area contributed by atoms with Crippen LogP contribution in [0.25, 0.3) is 0 Å². The first-order chi connectivity index (χ1) is 6.22. The third-order valence-corrected chi connectivity index (χ3v) is 1.52. The number of aryl methyl sites for hydroxylation is 1. The minimum atomic E-state index is 0.170. The van der Waals surface area contributed by atoms with Crippen molar-refractivity contribution < 1.29 is 5.21 Å². The summed E-state index contributed by atoms with van der Waals surface area (Å²) in [6.45, 7) is 1.02. The molecule has 0 bridgehead atoms. The van der Waals surface area contributed by atoms with Crippen LogP contribution in [0.4, 0.5) is 0 Å². The monoisotopic (exact) mass is 183 g/mol. The van der Waals surface area contributed by atoms with E-state index >= 15 is 0 Å². The Hall–Kier alpha value is -1.56. The second-order valence-corrected chi connectivity index (χ2v) is 2.72. The lowest BCUT2D eigenvalue weighted by molar-refractivity contribution is 0.317. The maximum atomic E-state index is 8.24. The molecule has 0 aliphatic rings. The van der Waals surface area contributed by atoms with Gasteiger partial charge in [-0.25, -0.2) is 0 Å². The van der Waals surface area contributed by atoms with Gasteiger partial charge in [0.2, 0.25) is 0 Å². The predicted molar refractivity (Wildman–Crippen MR) is 48.3 cm³/mol. The molecule has 0 saturated heterocycles. The molecule has 0 aliphatic heterocycles.